The number of methoxy groups -OCH3 is 1. The molecule has 2 N–H and O–H groups in total. The molecular formula is C18H20ClNO4S. The Balaban J connectivity index is 1.73. The van der Waals surface area contributed by atoms with E-state index in [4.69, 9.17) is 16.3 Å². The molecule has 0 bridgehead atoms. The summed E-state index contributed by atoms with van der Waals surface area (Å²) in [6.07, 6.45) is 1.66. The molecule has 0 fully saturated rings. The van der Waals surface area contributed by atoms with Gasteiger partial charge in [0.05, 0.1) is 22.6 Å². The first-order valence-electron chi connectivity index (χ1n) is 7.95. The van der Waals surface area contributed by atoms with E-state index in [2.05, 4.69) is 4.72 Å². The van der Waals surface area contributed by atoms with E-state index in [1.54, 1.807) is 0 Å². The van der Waals surface area contributed by atoms with Crippen molar-refractivity contribution in [1.29, 1.82) is 0 Å². The van der Waals surface area contributed by atoms with E-state index in [-0.39, 0.29) is 16.5 Å². The third-order valence-electron chi connectivity index (χ3n) is 4.52. The average Bonchev–Trinajstić information content (AvgIpc) is 2.60. The number of nitrogens with one attached hydrogen (secondary N) is 1. The molecule has 7 heteroatoms. The van der Waals surface area contributed by atoms with Gasteiger partial charge in [0.2, 0.25) is 10.0 Å². The lowest BCUT2D eigenvalue weighted by Gasteiger charge is -2.33. The number of benzene rings is 2. The predicted octanol–water partition coefficient (Wildman–Crippen LogP) is 2.55. The van der Waals surface area contributed by atoms with Crippen LogP contribution in [0.5, 0.6) is 5.75 Å². The van der Waals surface area contributed by atoms with Gasteiger partial charge in [-0.05, 0) is 42.2 Å². The highest BCUT2D eigenvalue weighted by Crippen LogP contribution is 2.30. The van der Waals surface area contributed by atoms with Crippen molar-refractivity contribution >= 4 is 21.6 Å². The molecule has 2 aromatic rings. The second-order valence-electron chi connectivity index (χ2n) is 6.29. The largest absolute Gasteiger partial charge is 0.495 e. The quantitative estimate of drug-likeness (QED) is 0.834. The topological polar surface area (TPSA) is 75.6 Å². The number of aliphatic hydroxyl groups is 1. The number of hydrogen-bond acceptors (Lipinski definition) is 4. The Bertz CT molecular complexity index is 884. The highest BCUT2D eigenvalue weighted by molar-refractivity contribution is 7.89. The van der Waals surface area contributed by atoms with Gasteiger partial charge in [-0.2, -0.15) is 0 Å². The number of halogens is 1. The fourth-order valence-corrected chi connectivity index (χ4v) is 4.53. The Morgan fingerprint density at radius 2 is 1.96 bits per heavy atom. The first-order valence-corrected chi connectivity index (χ1v) is 9.81. The second kappa shape index (κ2) is 6.96. The van der Waals surface area contributed by atoms with Gasteiger partial charge in [0.15, 0.2) is 0 Å². The van der Waals surface area contributed by atoms with Crippen molar-refractivity contribution in [3.05, 3.63) is 58.6 Å². The summed E-state index contributed by atoms with van der Waals surface area (Å²) in [7, 11) is -2.31. The Hall–Kier alpha value is -1.60. The van der Waals surface area contributed by atoms with Gasteiger partial charge in [0, 0.05) is 13.0 Å². The normalized spacial score (nSPS) is 20.1. The molecule has 0 amide bonds. The molecular weight excluding hydrogens is 362 g/mol. The number of fused-ring (bicyclic) bond motifs is 1. The molecule has 0 saturated heterocycles. The minimum Gasteiger partial charge on any atom is -0.495 e. The van der Waals surface area contributed by atoms with Crippen molar-refractivity contribution in [2.24, 2.45) is 0 Å². The van der Waals surface area contributed by atoms with Gasteiger partial charge in [0.25, 0.3) is 0 Å². The van der Waals surface area contributed by atoms with Gasteiger partial charge in [-0.15, -0.1) is 0 Å². The van der Waals surface area contributed by atoms with Gasteiger partial charge < -0.3 is 9.84 Å². The summed E-state index contributed by atoms with van der Waals surface area (Å²) in [5.74, 6) is 0.406. The van der Waals surface area contributed by atoms with Gasteiger partial charge >= 0.3 is 0 Å². The molecule has 0 spiro atoms. The minimum absolute atomic E-state index is 0.0399. The van der Waals surface area contributed by atoms with Crippen LogP contribution in [0, 0.1) is 0 Å². The molecule has 1 aliphatic carbocycles. The summed E-state index contributed by atoms with van der Waals surface area (Å²) in [4.78, 5) is 0.0399. The summed E-state index contributed by atoms with van der Waals surface area (Å²) in [6, 6.07) is 12.2. The predicted molar refractivity (Wildman–Crippen MR) is 96.6 cm³/mol. The number of rotatable bonds is 5. The van der Waals surface area contributed by atoms with E-state index in [9.17, 15) is 13.5 Å². The van der Waals surface area contributed by atoms with Gasteiger partial charge in [-0.1, -0.05) is 35.9 Å². The fraction of sp³-hybridized carbons (Fsp3) is 0.333. The van der Waals surface area contributed by atoms with Crippen LogP contribution in [-0.4, -0.2) is 32.8 Å². The standard InChI is InChI=1S/C18H20ClNO4S/c1-24-17-7-6-15(10-16(17)19)25(22,23)20-12-18(21)9-8-13-4-2-3-5-14(13)11-18/h2-7,10,20-21H,8-9,11-12H2,1H3/t18-/m1/s1. The van der Waals surface area contributed by atoms with E-state index in [0.29, 0.717) is 18.6 Å². The van der Waals surface area contributed by atoms with Crippen LogP contribution in [0.2, 0.25) is 5.02 Å². The average molecular weight is 382 g/mol. The molecule has 134 valence electrons. The van der Waals surface area contributed by atoms with Crippen molar-refractivity contribution in [3.63, 3.8) is 0 Å². The third-order valence-corrected chi connectivity index (χ3v) is 6.22. The van der Waals surface area contributed by atoms with Crippen molar-refractivity contribution in [3.8, 4) is 5.75 Å². The smallest absolute Gasteiger partial charge is 0.240 e. The molecule has 0 heterocycles. The minimum atomic E-state index is -3.77. The molecule has 0 aliphatic heterocycles. The van der Waals surface area contributed by atoms with E-state index >= 15 is 0 Å². The number of hydrogen-bond donors (Lipinski definition) is 2. The van der Waals surface area contributed by atoms with Crippen LogP contribution in [0.25, 0.3) is 0 Å². The Kier molecular flexibility index (Phi) is 5.06. The lowest BCUT2D eigenvalue weighted by atomic mass is 9.80. The zero-order valence-corrected chi connectivity index (χ0v) is 15.4. The Morgan fingerprint density at radius 1 is 1.24 bits per heavy atom. The summed E-state index contributed by atoms with van der Waals surface area (Å²) in [5.41, 5.74) is 1.16. The van der Waals surface area contributed by atoms with Gasteiger partial charge in [0.1, 0.15) is 5.75 Å². The maximum absolute atomic E-state index is 12.5. The first-order chi connectivity index (χ1) is 11.8. The van der Waals surface area contributed by atoms with Crippen molar-refractivity contribution in [2.45, 2.75) is 29.8 Å². The molecule has 0 radical (unpaired) electrons. The lowest BCUT2D eigenvalue weighted by molar-refractivity contribution is 0.0317. The Morgan fingerprint density at radius 3 is 2.64 bits per heavy atom. The molecule has 1 aliphatic rings. The number of sulfonamides is 1. The third kappa shape index (κ3) is 3.98. The lowest BCUT2D eigenvalue weighted by Crippen LogP contribution is -2.46. The first kappa shape index (κ1) is 18.2. The van der Waals surface area contributed by atoms with Gasteiger partial charge in [-0.25, -0.2) is 13.1 Å². The molecule has 3 rings (SSSR count). The molecule has 0 saturated carbocycles. The molecule has 25 heavy (non-hydrogen) atoms. The monoisotopic (exact) mass is 381 g/mol. The second-order valence-corrected chi connectivity index (χ2v) is 8.46. The molecule has 0 unspecified atom stereocenters. The zero-order valence-electron chi connectivity index (χ0n) is 13.8. The van der Waals surface area contributed by atoms with E-state index in [1.165, 1.54) is 30.9 Å². The fourth-order valence-electron chi connectivity index (χ4n) is 3.06. The van der Waals surface area contributed by atoms with Gasteiger partial charge in [-0.3, -0.25) is 0 Å². The summed E-state index contributed by atoms with van der Waals surface area (Å²) in [6.45, 7) is -0.0483. The summed E-state index contributed by atoms with van der Waals surface area (Å²) >= 11 is 6.00. The molecule has 1 atom stereocenters. The SMILES string of the molecule is COc1ccc(S(=O)(=O)NC[C@@]2(O)CCc3ccccc3C2)cc1Cl. The van der Waals surface area contributed by atoms with Crippen LogP contribution in [-0.2, 0) is 22.9 Å². The van der Waals surface area contributed by atoms with Crippen molar-refractivity contribution < 1.29 is 18.3 Å². The van der Waals surface area contributed by atoms with Crippen LogP contribution < -0.4 is 9.46 Å². The van der Waals surface area contributed by atoms with E-state index < -0.39 is 15.6 Å². The summed E-state index contributed by atoms with van der Waals surface area (Å²) in [5, 5.41) is 11.0. The van der Waals surface area contributed by atoms with E-state index in [0.717, 1.165) is 12.0 Å². The molecule has 0 aromatic heterocycles. The highest BCUT2D eigenvalue weighted by atomic mass is 35.5. The summed E-state index contributed by atoms with van der Waals surface area (Å²) < 4.78 is 32.5. The van der Waals surface area contributed by atoms with Crippen LogP contribution in [0.15, 0.2) is 47.4 Å². The zero-order chi connectivity index (χ0) is 18.1. The van der Waals surface area contributed by atoms with Crippen molar-refractivity contribution in [1.82, 2.24) is 4.72 Å². The Labute approximate surface area is 152 Å². The number of aryl methyl sites for hydroxylation is 1. The highest BCUT2D eigenvalue weighted by Gasteiger charge is 2.33. The van der Waals surface area contributed by atoms with Crippen molar-refractivity contribution in [2.75, 3.05) is 13.7 Å². The van der Waals surface area contributed by atoms with Crippen LogP contribution in [0.4, 0.5) is 0 Å². The van der Waals surface area contributed by atoms with Crippen LogP contribution in [0.3, 0.4) is 0 Å². The maximum atomic E-state index is 12.5. The molecule has 2 aromatic carbocycles. The molecule has 5 nitrogen and oxygen atoms in total. The van der Waals surface area contributed by atoms with Crippen LogP contribution in [0.1, 0.15) is 17.5 Å². The van der Waals surface area contributed by atoms with E-state index in [1.807, 2.05) is 24.3 Å². The van der Waals surface area contributed by atoms with Crippen LogP contribution >= 0.6 is 11.6 Å². The number of ether oxygens (including phenoxy) is 1. The maximum Gasteiger partial charge on any atom is 0.240 e.